The van der Waals surface area contributed by atoms with Crippen LogP contribution in [0.4, 0.5) is 0 Å². The lowest BCUT2D eigenvalue weighted by Gasteiger charge is -2.13. The zero-order chi connectivity index (χ0) is 14.1. The van der Waals surface area contributed by atoms with Crippen LogP contribution in [0.5, 0.6) is 5.75 Å². The number of halogens is 1. The van der Waals surface area contributed by atoms with Crippen LogP contribution in [0.2, 0.25) is 0 Å². The van der Waals surface area contributed by atoms with Gasteiger partial charge in [-0.3, -0.25) is 0 Å². The molecular weight excluding hydrogens is 354 g/mol. The zero-order valence-corrected chi connectivity index (χ0v) is 14.1. The van der Waals surface area contributed by atoms with E-state index in [0.29, 0.717) is 0 Å². The summed E-state index contributed by atoms with van der Waals surface area (Å²) in [6.07, 6.45) is 0.774. The molecule has 0 amide bonds. The highest BCUT2D eigenvalue weighted by Crippen LogP contribution is 2.35. The molecule has 0 bridgehead atoms. The fourth-order valence-corrected chi connectivity index (χ4v) is 4.74. The smallest absolute Gasteiger partial charge is 0.122 e. The number of rotatable bonds is 4. The maximum Gasteiger partial charge on any atom is 0.122 e. The summed E-state index contributed by atoms with van der Waals surface area (Å²) < 4.78 is 9.10. The lowest BCUT2D eigenvalue weighted by atomic mass is 10.0. The van der Waals surface area contributed by atoms with Crippen molar-refractivity contribution in [2.24, 2.45) is 5.73 Å². The summed E-state index contributed by atoms with van der Waals surface area (Å²) in [7, 11) is 1.69. The molecule has 104 valence electrons. The van der Waals surface area contributed by atoms with E-state index in [1.165, 1.54) is 14.3 Å². The molecule has 2 nitrogen and oxygen atoms in total. The predicted molar refractivity (Wildman–Crippen MR) is 91.0 cm³/mol. The second kappa shape index (κ2) is 5.85. The van der Waals surface area contributed by atoms with Gasteiger partial charge in [0.25, 0.3) is 0 Å². The van der Waals surface area contributed by atoms with Gasteiger partial charge in [-0.1, -0.05) is 15.9 Å². The summed E-state index contributed by atoms with van der Waals surface area (Å²) in [6, 6.07) is 10.4. The van der Waals surface area contributed by atoms with Crippen LogP contribution in [0.15, 0.2) is 40.2 Å². The minimum Gasteiger partial charge on any atom is -0.496 e. The van der Waals surface area contributed by atoms with Crippen LogP contribution in [0, 0.1) is 0 Å². The van der Waals surface area contributed by atoms with Crippen molar-refractivity contribution in [3.63, 3.8) is 0 Å². The third-order valence-corrected chi connectivity index (χ3v) is 5.92. The van der Waals surface area contributed by atoms with E-state index in [9.17, 15) is 0 Å². The minimum absolute atomic E-state index is 0.00259. The molecule has 1 aromatic carbocycles. The number of methoxy groups -OCH3 is 1. The second-order valence-electron chi connectivity index (χ2n) is 4.56. The van der Waals surface area contributed by atoms with Gasteiger partial charge in [0.05, 0.1) is 7.11 Å². The molecule has 5 heteroatoms. The van der Waals surface area contributed by atoms with E-state index in [1.54, 1.807) is 29.8 Å². The Kier molecular flexibility index (Phi) is 4.12. The molecule has 0 aliphatic rings. The van der Waals surface area contributed by atoms with Crippen LogP contribution < -0.4 is 10.5 Å². The number of ether oxygens (including phenoxy) is 1. The first kappa shape index (κ1) is 14.1. The van der Waals surface area contributed by atoms with Gasteiger partial charge in [-0.15, -0.1) is 22.7 Å². The number of thiophene rings is 2. The van der Waals surface area contributed by atoms with Crippen molar-refractivity contribution in [1.29, 1.82) is 0 Å². The van der Waals surface area contributed by atoms with Crippen molar-refractivity contribution in [2.75, 3.05) is 7.11 Å². The molecule has 0 saturated heterocycles. The van der Waals surface area contributed by atoms with Gasteiger partial charge >= 0.3 is 0 Å². The van der Waals surface area contributed by atoms with Gasteiger partial charge in [0, 0.05) is 24.8 Å². The van der Waals surface area contributed by atoms with Crippen molar-refractivity contribution in [1.82, 2.24) is 0 Å². The zero-order valence-electron chi connectivity index (χ0n) is 10.9. The summed E-state index contributed by atoms with van der Waals surface area (Å²) in [4.78, 5) is 1.23. The van der Waals surface area contributed by atoms with Crippen LogP contribution in [0.25, 0.3) is 9.40 Å². The minimum atomic E-state index is 0.00259. The Bertz CT molecular complexity index is 706. The first-order chi connectivity index (χ1) is 9.67. The van der Waals surface area contributed by atoms with Gasteiger partial charge in [-0.25, -0.2) is 0 Å². The Morgan fingerprint density at radius 2 is 2.10 bits per heavy atom. The predicted octanol–water partition coefficient (Wildman–Crippen LogP) is 4.98. The highest BCUT2D eigenvalue weighted by molar-refractivity contribution is 9.10. The Morgan fingerprint density at radius 1 is 1.25 bits per heavy atom. The van der Waals surface area contributed by atoms with E-state index in [1.807, 2.05) is 12.1 Å². The number of fused-ring (bicyclic) bond motifs is 1. The molecular formula is C15H14BrNOS2. The van der Waals surface area contributed by atoms with E-state index in [2.05, 4.69) is 39.5 Å². The van der Waals surface area contributed by atoms with E-state index < -0.39 is 0 Å². The van der Waals surface area contributed by atoms with Crippen LogP contribution >= 0.6 is 38.6 Å². The first-order valence-corrected chi connectivity index (χ1v) is 8.71. The second-order valence-corrected chi connectivity index (χ2v) is 7.54. The molecule has 0 spiro atoms. The van der Waals surface area contributed by atoms with Gasteiger partial charge in [0.1, 0.15) is 5.75 Å². The van der Waals surface area contributed by atoms with Crippen molar-refractivity contribution >= 4 is 48.0 Å². The average molecular weight is 368 g/mol. The number of nitrogens with two attached hydrogens (primary N) is 1. The molecule has 0 aliphatic carbocycles. The summed E-state index contributed by atoms with van der Waals surface area (Å²) in [5, 5.41) is 2.12. The van der Waals surface area contributed by atoms with Crippen molar-refractivity contribution in [3.05, 3.63) is 50.6 Å². The molecule has 0 radical (unpaired) electrons. The fourth-order valence-electron chi connectivity index (χ4n) is 2.21. The van der Waals surface area contributed by atoms with Crippen molar-refractivity contribution < 1.29 is 4.74 Å². The lowest BCUT2D eigenvalue weighted by Crippen LogP contribution is -2.12. The maximum atomic E-state index is 6.37. The Morgan fingerprint density at radius 3 is 2.85 bits per heavy atom. The monoisotopic (exact) mass is 367 g/mol. The number of benzene rings is 1. The molecule has 1 unspecified atom stereocenters. The SMILES string of the molecule is COc1ccc(Br)cc1CC(N)c1cc2sccc2s1. The summed E-state index contributed by atoms with van der Waals surface area (Å²) >= 11 is 7.05. The highest BCUT2D eigenvalue weighted by atomic mass is 79.9. The van der Waals surface area contributed by atoms with E-state index in [4.69, 9.17) is 10.5 Å². The topological polar surface area (TPSA) is 35.2 Å². The normalized spacial score (nSPS) is 12.8. The van der Waals surface area contributed by atoms with Gasteiger partial charge in [0.15, 0.2) is 0 Å². The summed E-state index contributed by atoms with van der Waals surface area (Å²) in [5.41, 5.74) is 7.50. The van der Waals surface area contributed by atoms with Crippen LogP contribution in [-0.2, 0) is 6.42 Å². The highest BCUT2D eigenvalue weighted by Gasteiger charge is 2.14. The summed E-state index contributed by atoms with van der Waals surface area (Å²) in [6.45, 7) is 0. The molecule has 0 saturated carbocycles. The Hall–Kier alpha value is -0.880. The standard InChI is InChI=1S/C15H14BrNOS2/c1-18-12-3-2-10(16)6-9(12)7-11(17)14-8-15-13(20-14)4-5-19-15/h2-6,8,11H,7,17H2,1H3. The van der Waals surface area contributed by atoms with E-state index in [0.717, 1.165) is 22.2 Å². The molecule has 20 heavy (non-hydrogen) atoms. The van der Waals surface area contributed by atoms with Crippen molar-refractivity contribution in [2.45, 2.75) is 12.5 Å². The number of hydrogen-bond donors (Lipinski definition) is 1. The third kappa shape index (κ3) is 2.76. The molecule has 0 aliphatic heterocycles. The quantitative estimate of drug-likeness (QED) is 0.705. The average Bonchev–Trinajstić information content (AvgIpc) is 2.99. The third-order valence-electron chi connectivity index (χ3n) is 3.21. The van der Waals surface area contributed by atoms with Gasteiger partial charge in [-0.2, -0.15) is 0 Å². The molecule has 3 rings (SSSR count). The first-order valence-electron chi connectivity index (χ1n) is 6.22. The van der Waals surface area contributed by atoms with Crippen LogP contribution in [0.3, 0.4) is 0 Å². The lowest BCUT2D eigenvalue weighted by molar-refractivity contribution is 0.408. The Balaban J connectivity index is 1.86. The van der Waals surface area contributed by atoms with Crippen LogP contribution in [0.1, 0.15) is 16.5 Å². The van der Waals surface area contributed by atoms with E-state index >= 15 is 0 Å². The Labute approximate surface area is 134 Å². The van der Waals surface area contributed by atoms with Gasteiger partial charge in [0.2, 0.25) is 0 Å². The van der Waals surface area contributed by atoms with Gasteiger partial charge < -0.3 is 10.5 Å². The van der Waals surface area contributed by atoms with Gasteiger partial charge in [-0.05, 0) is 47.7 Å². The summed E-state index contributed by atoms with van der Waals surface area (Å²) in [5.74, 6) is 0.891. The molecule has 2 N–H and O–H groups in total. The van der Waals surface area contributed by atoms with Crippen LogP contribution in [-0.4, -0.2) is 7.11 Å². The molecule has 2 aromatic heterocycles. The molecule has 2 heterocycles. The fraction of sp³-hybridized carbons (Fsp3) is 0.200. The van der Waals surface area contributed by atoms with Crippen molar-refractivity contribution in [3.8, 4) is 5.75 Å². The number of hydrogen-bond acceptors (Lipinski definition) is 4. The molecule has 3 aromatic rings. The maximum absolute atomic E-state index is 6.37. The van der Waals surface area contributed by atoms with E-state index in [-0.39, 0.29) is 6.04 Å². The largest absolute Gasteiger partial charge is 0.496 e. The molecule has 0 fully saturated rings. The molecule has 1 atom stereocenters.